The summed E-state index contributed by atoms with van der Waals surface area (Å²) in [5, 5.41) is 7.14. The number of rotatable bonds is 1. The number of halogens is 3. The molecule has 7 heteroatoms. The van der Waals surface area contributed by atoms with Gasteiger partial charge in [0.2, 0.25) is 0 Å². The Morgan fingerprint density at radius 3 is 2.41 bits per heavy atom. The second-order valence-corrected chi connectivity index (χ2v) is 3.49. The van der Waals surface area contributed by atoms with Crippen molar-refractivity contribution in [3.05, 3.63) is 35.5 Å². The zero-order chi connectivity index (χ0) is 12.6. The molecule has 0 saturated carbocycles. The van der Waals surface area contributed by atoms with Crippen molar-refractivity contribution < 1.29 is 13.2 Å². The topological polar surface area (TPSA) is 56.7 Å². The van der Waals surface area contributed by atoms with Crippen LogP contribution in [0.2, 0.25) is 0 Å². The molecule has 0 radical (unpaired) electrons. The Morgan fingerprint density at radius 1 is 1.24 bits per heavy atom. The van der Waals surface area contributed by atoms with E-state index in [0.29, 0.717) is 5.69 Å². The fourth-order valence-corrected chi connectivity index (χ4v) is 1.47. The van der Waals surface area contributed by atoms with E-state index in [0.717, 1.165) is 10.7 Å². The second-order valence-electron chi connectivity index (χ2n) is 3.49. The molecule has 0 saturated heterocycles. The van der Waals surface area contributed by atoms with Gasteiger partial charge in [-0.15, -0.1) is 5.10 Å². The number of nitrogens with zero attached hydrogens (tertiary/aromatic N) is 3. The minimum absolute atomic E-state index is 0.0818. The average molecular weight is 242 g/mol. The van der Waals surface area contributed by atoms with Gasteiger partial charge in [-0.2, -0.15) is 13.2 Å². The number of nitrogen functional groups attached to an aromatic ring is 1. The third-order valence-electron chi connectivity index (χ3n) is 2.37. The molecule has 1 aromatic heterocycles. The molecule has 1 heterocycles. The van der Waals surface area contributed by atoms with Gasteiger partial charge in [0.15, 0.2) is 5.82 Å². The first-order chi connectivity index (χ1) is 7.91. The number of alkyl halides is 3. The van der Waals surface area contributed by atoms with Crippen LogP contribution < -0.4 is 5.73 Å². The summed E-state index contributed by atoms with van der Waals surface area (Å²) in [5.41, 5.74) is 4.99. The predicted molar refractivity (Wildman–Crippen MR) is 55.5 cm³/mol. The van der Waals surface area contributed by atoms with Crippen LogP contribution in [0, 0.1) is 6.92 Å². The van der Waals surface area contributed by atoms with Crippen molar-refractivity contribution in [2.24, 2.45) is 0 Å². The lowest BCUT2D eigenvalue weighted by Crippen LogP contribution is -2.12. The van der Waals surface area contributed by atoms with Crippen LogP contribution in [0.1, 0.15) is 11.3 Å². The Bertz CT molecular complexity index is 545. The summed E-state index contributed by atoms with van der Waals surface area (Å²) in [6.45, 7) is 1.56. The molecule has 2 aromatic rings. The van der Waals surface area contributed by atoms with Crippen molar-refractivity contribution in [2.45, 2.75) is 13.1 Å². The number of hydrogen-bond donors (Lipinski definition) is 1. The maximum atomic E-state index is 12.8. The maximum Gasteiger partial charge on any atom is 0.418 e. The van der Waals surface area contributed by atoms with Gasteiger partial charge >= 0.3 is 6.18 Å². The van der Waals surface area contributed by atoms with Crippen LogP contribution >= 0.6 is 0 Å². The predicted octanol–water partition coefficient (Wildman–Crippen LogP) is 2.18. The number of benzene rings is 1. The standard InChI is InChI=1S/C10H9F3N4/c1-6-9(14)15-16-17(6)8-5-3-2-4-7(8)10(11,12)13/h2-5H,14H2,1H3. The highest BCUT2D eigenvalue weighted by atomic mass is 19.4. The molecule has 0 aliphatic heterocycles. The molecule has 0 spiro atoms. The summed E-state index contributed by atoms with van der Waals surface area (Å²) in [5.74, 6) is 0.113. The van der Waals surface area contributed by atoms with Gasteiger partial charge in [0.25, 0.3) is 0 Å². The molecular formula is C10H9F3N4. The minimum atomic E-state index is -4.44. The van der Waals surface area contributed by atoms with Crippen molar-refractivity contribution in [2.75, 3.05) is 5.73 Å². The SMILES string of the molecule is Cc1c(N)nnn1-c1ccccc1C(F)(F)F. The fourth-order valence-electron chi connectivity index (χ4n) is 1.47. The van der Waals surface area contributed by atoms with E-state index < -0.39 is 11.7 Å². The van der Waals surface area contributed by atoms with E-state index in [1.165, 1.54) is 18.2 Å². The Morgan fingerprint density at radius 2 is 1.88 bits per heavy atom. The molecule has 1 aromatic carbocycles. The minimum Gasteiger partial charge on any atom is -0.381 e. The van der Waals surface area contributed by atoms with E-state index in [2.05, 4.69) is 10.3 Å². The second kappa shape index (κ2) is 3.76. The molecule has 0 unspecified atom stereocenters. The lowest BCUT2D eigenvalue weighted by atomic mass is 10.1. The number of nitrogens with two attached hydrogens (primary N) is 1. The Labute approximate surface area is 94.9 Å². The molecule has 17 heavy (non-hydrogen) atoms. The van der Waals surface area contributed by atoms with Gasteiger partial charge in [-0.25, -0.2) is 4.68 Å². The van der Waals surface area contributed by atoms with E-state index in [4.69, 9.17) is 5.73 Å². The van der Waals surface area contributed by atoms with E-state index >= 15 is 0 Å². The fraction of sp³-hybridized carbons (Fsp3) is 0.200. The molecular weight excluding hydrogens is 233 g/mol. The van der Waals surface area contributed by atoms with Gasteiger partial charge in [-0.1, -0.05) is 17.3 Å². The summed E-state index contributed by atoms with van der Waals surface area (Å²) in [4.78, 5) is 0. The third-order valence-corrected chi connectivity index (χ3v) is 2.37. The van der Waals surface area contributed by atoms with Gasteiger partial charge < -0.3 is 5.73 Å². The van der Waals surface area contributed by atoms with Gasteiger partial charge in [-0.05, 0) is 19.1 Å². The van der Waals surface area contributed by atoms with E-state index in [-0.39, 0.29) is 11.5 Å². The zero-order valence-electron chi connectivity index (χ0n) is 8.86. The lowest BCUT2D eigenvalue weighted by Gasteiger charge is -2.12. The Balaban J connectivity index is 2.64. The van der Waals surface area contributed by atoms with Crippen molar-refractivity contribution >= 4 is 5.82 Å². The van der Waals surface area contributed by atoms with Gasteiger partial charge in [0, 0.05) is 0 Å². The highest BCUT2D eigenvalue weighted by Crippen LogP contribution is 2.33. The van der Waals surface area contributed by atoms with Crippen LogP contribution in [0.5, 0.6) is 0 Å². The zero-order valence-corrected chi connectivity index (χ0v) is 8.86. The summed E-state index contributed by atoms with van der Waals surface area (Å²) < 4.78 is 39.4. The van der Waals surface area contributed by atoms with Crippen LogP contribution in [0.15, 0.2) is 24.3 Å². The Hall–Kier alpha value is -2.05. The first-order valence-electron chi connectivity index (χ1n) is 4.75. The third kappa shape index (κ3) is 1.95. The number of hydrogen-bond acceptors (Lipinski definition) is 3. The van der Waals surface area contributed by atoms with E-state index in [1.54, 1.807) is 6.92 Å². The summed E-state index contributed by atoms with van der Waals surface area (Å²) in [7, 11) is 0. The molecule has 90 valence electrons. The molecule has 0 bridgehead atoms. The maximum absolute atomic E-state index is 12.8. The molecule has 0 aliphatic carbocycles. The number of anilines is 1. The van der Waals surface area contributed by atoms with Crippen molar-refractivity contribution in [1.29, 1.82) is 0 Å². The first-order valence-corrected chi connectivity index (χ1v) is 4.75. The molecule has 4 nitrogen and oxygen atoms in total. The smallest absolute Gasteiger partial charge is 0.381 e. The van der Waals surface area contributed by atoms with E-state index in [9.17, 15) is 13.2 Å². The van der Waals surface area contributed by atoms with Crippen LogP contribution in [0.25, 0.3) is 5.69 Å². The summed E-state index contributed by atoms with van der Waals surface area (Å²) in [6.07, 6.45) is -4.44. The number of para-hydroxylation sites is 1. The highest BCUT2D eigenvalue weighted by molar-refractivity contribution is 5.46. The largest absolute Gasteiger partial charge is 0.418 e. The first kappa shape index (κ1) is 11.4. The van der Waals surface area contributed by atoms with Gasteiger partial charge in [-0.3, -0.25) is 0 Å². The van der Waals surface area contributed by atoms with Crippen LogP contribution in [-0.2, 0) is 6.18 Å². The van der Waals surface area contributed by atoms with Crippen LogP contribution in [0.3, 0.4) is 0 Å². The van der Waals surface area contributed by atoms with Gasteiger partial charge in [0.05, 0.1) is 16.9 Å². The molecule has 0 aliphatic rings. The summed E-state index contributed by atoms with van der Waals surface area (Å²) in [6, 6.07) is 5.14. The average Bonchev–Trinajstić information content (AvgIpc) is 2.59. The van der Waals surface area contributed by atoms with E-state index in [1.807, 2.05) is 0 Å². The Kier molecular flexibility index (Phi) is 2.53. The van der Waals surface area contributed by atoms with Gasteiger partial charge in [0.1, 0.15) is 0 Å². The normalized spacial score (nSPS) is 11.8. The van der Waals surface area contributed by atoms with Crippen molar-refractivity contribution in [1.82, 2.24) is 15.0 Å². The molecule has 2 rings (SSSR count). The summed E-state index contributed by atoms with van der Waals surface area (Å²) >= 11 is 0. The van der Waals surface area contributed by atoms with Crippen molar-refractivity contribution in [3.8, 4) is 5.69 Å². The quantitative estimate of drug-likeness (QED) is 0.833. The molecule has 2 N–H and O–H groups in total. The van der Waals surface area contributed by atoms with Crippen molar-refractivity contribution in [3.63, 3.8) is 0 Å². The molecule has 0 amide bonds. The molecule has 0 fully saturated rings. The number of aromatic nitrogens is 3. The molecule has 0 atom stereocenters. The highest BCUT2D eigenvalue weighted by Gasteiger charge is 2.34. The van der Waals surface area contributed by atoms with Crippen LogP contribution in [-0.4, -0.2) is 15.0 Å². The monoisotopic (exact) mass is 242 g/mol. The van der Waals surface area contributed by atoms with Crippen LogP contribution in [0.4, 0.5) is 19.0 Å². The lowest BCUT2D eigenvalue weighted by molar-refractivity contribution is -0.137.